The molecular formula is C22H17ClN2O4S2. The molecule has 1 unspecified atom stereocenters. The fraction of sp³-hybridized carbons (Fsp3) is 0.182. The molecule has 0 saturated carbocycles. The summed E-state index contributed by atoms with van der Waals surface area (Å²) in [4.78, 5) is 41.5. The minimum Gasteiger partial charge on any atom is -0.494 e. The zero-order valence-corrected chi connectivity index (χ0v) is 18.8. The zero-order valence-electron chi connectivity index (χ0n) is 16.4. The van der Waals surface area contributed by atoms with Gasteiger partial charge in [-0.3, -0.25) is 19.3 Å². The van der Waals surface area contributed by atoms with Crippen molar-refractivity contribution in [1.29, 1.82) is 0 Å². The van der Waals surface area contributed by atoms with Crippen molar-refractivity contribution in [3.63, 3.8) is 0 Å². The second-order valence-electron chi connectivity index (χ2n) is 6.82. The lowest BCUT2D eigenvalue weighted by Gasteiger charge is -2.21. The predicted octanol–water partition coefficient (Wildman–Crippen LogP) is 4.27. The number of thiocarbonyl (C=S) groups is 1. The van der Waals surface area contributed by atoms with Gasteiger partial charge >= 0.3 is 0 Å². The number of nitrogens with zero attached hydrogens (tertiary/aromatic N) is 2. The van der Waals surface area contributed by atoms with Crippen molar-refractivity contribution in [2.24, 2.45) is 0 Å². The van der Waals surface area contributed by atoms with E-state index in [2.05, 4.69) is 0 Å². The Hall–Kier alpha value is -2.68. The molecule has 4 rings (SSSR count). The highest BCUT2D eigenvalue weighted by molar-refractivity contribution is 8.26. The van der Waals surface area contributed by atoms with Crippen LogP contribution in [0.4, 0.5) is 5.69 Å². The highest BCUT2D eigenvalue weighted by Crippen LogP contribution is 2.37. The molecule has 2 aliphatic rings. The van der Waals surface area contributed by atoms with E-state index in [1.54, 1.807) is 54.6 Å². The third kappa shape index (κ3) is 4.23. The number of thioether (sulfide) groups is 1. The van der Waals surface area contributed by atoms with Crippen LogP contribution in [-0.2, 0) is 14.4 Å². The number of ether oxygens (including phenoxy) is 1. The lowest BCUT2D eigenvalue weighted by Crippen LogP contribution is -2.44. The summed E-state index contributed by atoms with van der Waals surface area (Å²) in [5, 5.41) is 0.592. The van der Waals surface area contributed by atoms with E-state index in [-0.39, 0.29) is 22.6 Å². The van der Waals surface area contributed by atoms with Crippen LogP contribution in [0.3, 0.4) is 0 Å². The van der Waals surface area contributed by atoms with Gasteiger partial charge in [0.2, 0.25) is 5.91 Å². The van der Waals surface area contributed by atoms with Gasteiger partial charge in [-0.15, -0.1) is 0 Å². The van der Waals surface area contributed by atoms with Gasteiger partial charge < -0.3 is 4.74 Å². The van der Waals surface area contributed by atoms with Crippen LogP contribution in [0.15, 0.2) is 53.4 Å². The first kappa shape index (κ1) is 21.5. The molecule has 2 aromatic carbocycles. The molecule has 2 aromatic rings. The highest BCUT2D eigenvalue weighted by Gasteiger charge is 2.48. The van der Waals surface area contributed by atoms with E-state index in [0.29, 0.717) is 28.0 Å². The van der Waals surface area contributed by atoms with Crippen LogP contribution in [0.1, 0.15) is 18.9 Å². The van der Waals surface area contributed by atoms with E-state index in [1.165, 1.54) is 4.90 Å². The van der Waals surface area contributed by atoms with Crippen LogP contribution in [-0.4, -0.2) is 39.6 Å². The lowest BCUT2D eigenvalue weighted by atomic mass is 10.2. The normalized spacial score (nSPS) is 20.3. The van der Waals surface area contributed by atoms with E-state index < -0.39 is 11.9 Å². The molecule has 0 aromatic heterocycles. The topological polar surface area (TPSA) is 66.9 Å². The second-order valence-corrected chi connectivity index (χ2v) is 8.93. The first-order chi connectivity index (χ1) is 14.9. The summed E-state index contributed by atoms with van der Waals surface area (Å²) in [5.74, 6) is -0.594. The fourth-order valence-corrected chi connectivity index (χ4v) is 4.89. The molecule has 0 spiro atoms. The molecular weight excluding hydrogens is 456 g/mol. The largest absolute Gasteiger partial charge is 0.494 e. The average Bonchev–Trinajstić information content (AvgIpc) is 3.18. The van der Waals surface area contributed by atoms with Gasteiger partial charge in [0, 0.05) is 5.02 Å². The number of benzene rings is 2. The Morgan fingerprint density at radius 3 is 2.45 bits per heavy atom. The molecule has 6 nitrogen and oxygen atoms in total. The highest BCUT2D eigenvalue weighted by atomic mass is 35.5. The molecule has 0 bridgehead atoms. The first-order valence-corrected chi connectivity index (χ1v) is 11.1. The van der Waals surface area contributed by atoms with Crippen LogP contribution >= 0.6 is 35.6 Å². The summed E-state index contributed by atoms with van der Waals surface area (Å²) in [6.45, 7) is 2.39. The van der Waals surface area contributed by atoms with Crippen LogP contribution in [0, 0.1) is 0 Å². The minimum atomic E-state index is -0.956. The lowest BCUT2D eigenvalue weighted by molar-refractivity contribution is -0.129. The molecule has 0 aliphatic carbocycles. The van der Waals surface area contributed by atoms with Crippen molar-refractivity contribution in [2.75, 3.05) is 11.5 Å². The van der Waals surface area contributed by atoms with E-state index in [4.69, 9.17) is 28.6 Å². The Morgan fingerprint density at radius 2 is 1.81 bits per heavy atom. The molecule has 9 heteroatoms. The average molecular weight is 473 g/mol. The number of carbonyl (C=O) groups excluding carboxylic acids is 3. The van der Waals surface area contributed by atoms with Gasteiger partial charge in [0.25, 0.3) is 11.8 Å². The smallest absolute Gasteiger partial charge is 0.266 e. The molecule has 0 radical (unpaired) electrons. The number of hydrogen-bond donors (Lipinski definition) is 0. The summed E-state index contributed by atoms with van der Waals surface area (Å²) in [6.07, 6.45) is 1.58. The number of rotatable bonds is 5. The Bertz CT molecular complexity index is 1100. The van der Waals surface area contributed by atoms with Crippen molar-refractivity contribution in [3.05, 3.63) is 64.0 Å². The van der Waals surface area contributed by atoms with Crippen LogP contribution in [0.5, 0.6) is 5.75 Å². The van der Waals surface area contributed by atoms with Gasteiger partial charge in [0.05, 0.1) is 23.6 Å². The molecule has 2 aliphatic heterocycles. The second kappa shape index (κ2) is 8.82. The van der Waals surface area contributed by atoms with Crippen molar-refractivity contribution in [3.8, 4) is 5.75 Å². The van der Waals surface area contributed by atoms with Crippen molar-refractivity contribution >= 4 is 69.4 Å². The number of carbonyl (C=O) groups is 3. The van der Waals surface area contributed by atoms with E-state index >= 15 is 0 Å². The summed E-state index contributed by atoms with van der Waals surface area (Å²) in [6, 6.07) is 12.7. The van der Waals surface area contributed by atoms with E-state index in [9.17, 15) is 14.4 Å². The minimum absolute atomic E-state index is 0.118. The van der Waals surface area contributed by atoms with Crippen molar-refractivity contribution < 1.29 is 19.1 Å². The Morgan fingerprint density at radius 1 is 1.13 bits per heavy atom. The Labute approximate surface area is 193 Å². The third-order valence-corrected chi connectivity index (χ3v) is 6.41. The zero-order chi connectivity index (χ0) is 22.1. The van der Waals surface area contributed by atoms with Crippen LogP contribution in [0.2, 0.25) is 5.02 Å². The van der Waals surface area contributed by atoms with Gasteiger partial charge in [0.1, 0.15) is 16.1 Å². The van der Waals surface area contributed by atoms with Gasteiger partial charge in [-0.05, 0) is 55.0 Å². The molecule has 2 fully saturated rings. The number of amides is 3. The first-order valence-electron chi connectivity index (χ1n) is 9.51. The molecule has 158 valence electrons. The fourth-order valence-electron chi connectivity index (χ4n) is 3.41. The molecule has 31 heavy (non-hydrogen) atoms. The maximum absolute atomic E-state index is 13.1. The molecule has 2 saturated heterocycles. The third-order valence-electron chi connectivity index (χ3n) is 4.83. The van der Waals surface area contributed by atoms with Crippen molar-refractivity contribution in [1.82, 2.24) is 4.90 Å². The number of hydrogen-bond acceptors (Lipinski definition) is 6. The Kier molecular flexibility index (Phi) is 6.13. The predicted molar refractivity (Wildman–Crippen MR) is 125 cm³/mol. The monoisotopic (exact) mass is 472 g/mol. The maximum atomic E-state index is 13.1. The number of imide groups is 1. The summed E-state index contributed by atoms with van der Waals surface area (Å²) in [7, 11) is 0. The van der Waals surface area contributed by atoms with Gasteiger partial charge in [-0.2, -0.15) is 0 Å². The summed E-state index contributed by atoms with van der Waals surface area (Å²) >= 11 is 12.4. The quantitative estimate of drug-likeness (QED) is 0.368. The van der Waals surface area contributed by atoms with Crippen LogP contribution in [0.25, 0.3) is 6.08 Å². The molecule has 0 N–H and O–H groups in total. The van der Waals surface area contributed by atoms with Gasteiger partial charge in [0.15, 0.2) is 0 Å². The van der Waals surface area contributed by atoms with E-state index in [1.807, 2.05) is 6.92 Å². The maximum Gasteiger partial charge on any atom is 0.266 e. The van der Waals surface area contributed by atoms with Crippen molar-refractivity contribution in [2.45, 2.75) is 19.4 Å². The standard InChI is InChI=1S/C22H17ClN2O4S2/c1-2-29-16-9-7-15(8-10-16)24-19(26)12-17(20(24)27)25-21(28)18(31-22(25)30)11-13-3-5-14(23)6-4-13/h3-11,17H,2,12H2,1H3/b18-11-. The van der Waals surface area contributed by atoms with Gasteiger partial charge in [-0.25, -0.2) is 4.90 Å². The summed E-state index contributed by atoms with van der Waals surface area (Å²) in [5.41, 5.74) is 1.22. The SMILES string of the molecule is CCOc1ccc(N2C(=O)CC(N3C(=O)/C(=C/c4ccc(Cl)cc4)SC3=S)C2=O)cc1. The molecule has 2 heterocycles. The number of halogens is 1. The van der Waals surface area contributed by atoms with E-state index in [0.717, 1.165) is 22.2 Å². The van der Waals surface area contributed by atoms with Crippen LogP contribution < -0.4 is 9.64 Å². The number of anilines is 1. The Balaban J connectivity index is 1.56. The van der Waals surface area contributed by atoms with Gasteiger partial charge in [-0.1, -0.05) is 47.7 Å². The molecule has 3 amide bonds. The molecule has 1 atom stereocenters. The summed E-state index contributed by atoms with van der Waals surface area (Å²) < 4.78 is 5.65.